The van der Waals surface area contributed by atoms with Crippen molar-refractivity contribution in [1.82, 2.24) is 0 Å². The van der Waals surface area contributed by atoms with Gasteiger partial charge in [-0.1, -0.05) is 30.3 Å². The van der Waals surface area contributed by atoms with E-state index in [0.717, 1.165) is 6.08 Å². The summed E-state index contributed by atoms with van der Waals surface area (Å²) >= 11 is 0. The molecule has 0 aliphatic carbocycles. The predicted octanol–water partition coefficient (Wildman–Crippen LogP) is 2.03. The molecule has 0 saturated carbocycles. The zero-order valence-corrected chi connectivity index (χ0v) is 18.4. The van der Waals surface area contributed by atoms with Crippen molar-refractivity contribution in [3.8, 4) is 11.1 Å². The molecule has 0 saturated heterocycles. The molecular weight excluding hydrogens is 460 g/mol. The van der Waals surface area contributed by atoms with Crippen LogP contribution in [0.15, 0.2) is 71.6 Å². The summed E-state index contributed by atoms with van der Waals surface area (Å²) in [6, 6.07) is 15.4. The lowest BCUT2D eigenvalue weighted by Gasteiger charge is -2.16. The van der Waals surface area contributed by atoms with E-state index in [1.54, 1.807) is 30.3 Å². The number of primary amides is 1. The van der Waals surface area contributed by atoms with Gasteiger partial charge in [0.1, 0.15) is 4.90 Å². The maximum absolute atomic E-state index is 12.4. The highest BCUT2D eigenvalue weighted by Gasteiger charge is 2.26. The number of aromatic carboxylic acids is 1. The number of nitrogens with one attached hydrogen (secondary N) is 1. The van der Waals surface area contributed by atoms with Crippen molar-refractivity contribution in [3.63, 3.8) is 0 Å². The van der Waals surface area contributed by atoms with Crippen LogP contribution in [0, 0.1) is 0 Å². The first-order valence-electron chi connectivity index (χ1n) is 9.66. The van der Waals surface area contributed by atoms with Crippen molar-refractivity contribution in [2.75, 3.05) is 11.1 Å². The molecule has 0 atom stereocenters. The maximum Gasteiger partial charge on any atom is 0.335 e. The average Bonchev–Trinajstić information content (AvgIpc) is 2.77. The molecule has 0 aromatic heterocycles. The van der Waals surface area contributed by atoms with E-state index >= 15 is 0 Å². The van der Waals surface area contributed by atoms with Gasteiger partial charge < -0.3 is 21.9 Å². The number of benzene rings is 3. The van der Waals surface area contributed by atoms with Gasteiger partial charge in [0, 0.05) is 17.3 Å². The number of rotatable bonds is 7. The van der Waals surface area contributed by atoms with Gasteiger partial charge in [0.25, 0.3) is 5.91 Å². The fourth-order valence-corrected chi connectivity index (χ4v) is 4.23. The summed E-state index contributed by atoms with van der Waals surface area (Å²) in [6.45, 7) is 0. The van der Waals surface area contributed by atoms with Crippen LogP contribution in [0.1, 0.15) is 26.3 Å². The lowest BCUT2D eigenvalue weighted by atomic mass is 9.96. The Hall–Kier alpha value is -4.48. The van der Waals surface area contributed by atoms with Crippen LogP contribution in [0.3, 0.4) is 0 Å². The van der Waals surface area contributed by atoms with Crippen molar-refractivity contribution in [2.24, 2.45) is 10.9 Å². The third-order valence-electron chi connectivity index (χ3n) is 4.78. The van der Waals surface area contributed by atoms with Crippen LogP contribution in [0.25, 0.3) is 17.2 Å². The lowest BCUT2D eigenvalue weighted by molar-refractivity contribution is -0.111. The topological polar surface area (TPSA) is 196 Å². The molecule has 0 aliphatic heterocycles. The average molecular weight is 481 g/mol. The Morgan fingerprint density at radius 2 is 1.59 bits per heavy atom. The molecule has 3 aromatic carbocycles. The van der Waals surface area contributed by atoms with Gasteiger partial charge in [0.05, 0.1) is 16.8 Å². The number of carbonyl (C=O) groups excluding carboxylic acids is 2. The Bertz CT molecular complexity index is 1420. The van der Waals surface area contributed by atoms with Gasteiger partial charge in [-0.15, -0.1) is 0 Å². The second kappa shape index (κ2) is 9.57. The standard InChI is InChI=1S/C23H20N4O6S/c24-20-17(13-4-2-1-3-5-13)12-15(21(34(26,32)33)19(20)22(25)29)8-11-18(28)27-16-9-6-14(7-10-16)23(30)31/h1-12H,24H2,(H2,25,29)(H,27,28)(H,30,31)(H2,26,32,33)/b11-8+. The monoisotopic (exact) mass is 480 g/mol. The molecule has 0 fully saturated rings. The first-order chi connectivity index (χ1) is 16.0. The normalized spacial score (nSPS) is 11.3. The van der Waals surface area contributed by atoms with Crippen LogP contribution >= 0.6 is 0 Å². The molecule has 0 spiro atoms. The number of anilines is 2. The van der Waals surface area contributed by atoms with E-state index in [4.69, 9.17) is 21.7 Å². The molecule has 3 aromatic rings. The zero-order chi connectivity index (χ0) is 25.0. The van der Waals surface area contributed by atoms with Crippen molar-refractivity contribution in [3.05, 3.63) is 83.4 Å². The van der Waals surface area contributed by atoms with Gasteiger partial charge in [-0.25, -0.2) is 18.4 Å². The van der Waals surface area contributed by atoms with Crippen LogP contribution in [-0.4, -0.2) is 31.3 Å². The van der Waals surface area contributed by atoms with Crippen molar-refractivity contribution in [2.45, 2.75) is 4.90 Å². The van der Waals surface area contributed by atoms with Gasteiger partial charge in [0.15, 0.2) is 0 Å². The third kappa shape index (κ3) is 5.28. The number of carbonyl (C=O) groups is 3. The minimum Gasteiger partial charge on any atom is -0.478 e. The Morgan fingerprint density at radius 3 is 2.12 bits per heavy atom. The van der Waals surface area contributed by atoms with E-state index in [0.29, 0.717) is 16.8 Å². The second-order valence-corrected chi connectivity index (χ2v) is 8.61. The summed E-state index contributed by atoms with van der Waals surface area (Å²) in [5, 5.41) is 16.8. The van der Waals surface area contributed by atoms with Gasteiger partial charge in [-0.05, 0) is 47.5 Å². The van der Waals surface area contributed by atoms with Gasteiger partial charge in [0.2, 0.25) is 15.9 Å². The van der Waals surface area contributed by atoms with Crippen LogP contribution in [0.5, 0.6) is 0 Å². The Morgan fingerprint density at radius 1 is 0.971 bits per heavy atom. The molecule has 0 unspecified atom stereocenters. The first kappa shape index (κ1) is 24.2. The van der Waals surface area contributed by atoms with E-state index in [-0.39, 0.29) is 16.8 Å². The molecule has 174 valence electrons. The highest BCUT2D eigenvalue weighted by Crippen LogP contribution is 2.35. The highest BCUT2D eigenvalue weighted by molar-refractivity contribution is 7.89. The van der Waals surface area contributed by atoms with Crippen molar-refractivity contribution < 1.29 is 27.9 Å². The number of nitrogens with two attached hydrogens (primary N) is 3. The molecule has 34 heavy (non-hydrogen) atoms. The largest absolute Gasteiger partial charge is 0.478 e. The Labute approximate surface area is 194 Å². The number of amides is 2. The Kier molecular flexibility index (Phi) is 6.80. The van der Waals surface area contributed by atoms with Crippen molar-refractivity contribution >= 4 is 45.3 Å². The van der Waals surface area contributed by atoms with Gasteiger partial charge in [-0.3, -0.25) is 9.59 Å². The maximum atomic E-state index is 12.4. The van der Waals surface area contributed by atoms with E-state index < -0.39 is 38.3 Å². The number of hydrogen-bond donors (Lipinski definition) is 5. The molecule has 10 nitrogen and oxygen atoms in total. The molecule has 3 rings (SSSR count). The molecule has 0 bridgehead atoms. The van der Waals surface area contributed by atoms with E-state index in [1.165, 1.54) is 36.4 Å². The van der Waals surface area contributed by atoms with Crippen LogP contribution in [-0.2, 0) is 14.8 Å². The number of hydrogen-bond acceptors (Lipinski definition) is 6. The van der Waals surface area contributed by atoms with Crippen LogP contribution in [0.2, 0.25) is 0 Å². The molecular formula is C23H20N4O6S. The number of primary sulfonamides is 1. The molecule has 11 heteroatoms. The van der Waals surface area contributed by atoms with Crippen LogP contribution in [0.4, 0.5) is 11.4 Å². The minimum absolute atomic E-state index is 0.0423. The van der Waals surface area contributed by atoms with Crippen molar-refractivity contribution in [1.29, 1.82) is 0 Å². The molecule has 0 heterocycles. The summed E-state index contributed by atoms with van der Waals surface area (Å²) in [7, 11) is -4.47. The summed E-state index contributed by atoms with van der Waals surface area (Å²) in [5.41, 5.74) is 12.1. The van der Waals surface area contributed by atoms with E-state index in [2.05, 4.69) is 5.32 Å². The third-order valence-corrected chi connectivity index (χ3v) is 5.79. The number of sulfonamides is 1. The molecule has 8 N–H and O–H groups in total. The summed E-state index contributed by atoms with van der Waals surface area (Å²) in [6.07, 6.45) is 2.20. The van der Waals surface area contributed by atoms with Crippen LogP contribution < -0.4 is 21.9 Å². The van der Waals surface area contributed by atoms with E-state index in [1.807, 2.05) is 0 Å². The molecule has 0 aliphatic rings. The fraction of sp³-hybridized carbons (Fsp3) is 0. The summed E-state index contributed by atoms with van der Waals surface area (Å²) in [4.78, 5) is 34.9. The molecule has 0 radical (unpaired) electrons. The Balaban J connectivity index is 2.07. The first-order valence-corrected chi connectivity index (χ1v) is 11.2. The highest BCUT2D eigenvalue weighted by atomic mass is 32.2. The van der Waals surface area contributed by atoms with Gasteiger partial charge in [-0.2, -0.15) is 0 Å². The zero-order valence-electron chi connectivity index (χ0n) is 17.6. The number of carboxylic acids is 1. The molecule has 2 amide bonds. The lowest BCUT2D eigenvalue weighted by Crippen LogP contribution is -2.24. The number of nitrogen functional groups attached to an aromatic ring is 1. The SMILES string of the molecule is NC(=O)c1c(N)c(-c2ccccc2)cc(/C=C/C(=O)Nc2ccc(C(=O)O)cc2)c1S(N)(=O)=O. The second-order valence-electron chi connectivity index (χ2n) is 7.11. The fourth-order valence-electron chi connectivity index (χ4n) is 3.28. The summed E-state index contributed by atoms with van der Waals surface area (Å²) in [5.74, 6) is -2.87. The number of carboxylic acid groups (broad SMARTS) is 1. The quantitative estimate of drug-likeness (QED) is 0.252. The minimum atomic E-state index is -4.47. The predicted molar refractivity (Wildman–Crippen MR) is 127 cm³/mol. The van der Waals surface area contributed by atoms with E-state index in [9.17, 15) is 22.8 Å². The smallest absolute Gasteiger partial charge is 0.335 e. The van der Waals surface area contributed by atoms with Gasteiger partial charge >= 0.3 is 5.97 Å². The summed E-state index contributed by atoms with van der Waals surface area (Å²) < 4.78 is 24.7.